The summed E-state index contributed by atoms with van der Waals surface area (Å²) in [5.41, 5.74) is 2.23. The fraction of sp³-hybridized carbons (Fsp3) is 0.357. The Hall–Kier alpha value is -1.65. The molecule has 2 N–H and O–H groups in total. The molecule has 0 aliphatic heterocycles. The Bertz CT molecular complexity index is 467. The second-order valence-corrected chi connectivity index (χ2v) is 4.17. The van der Waals surface area contributed by atoms with Crippen LogP contribution in [0.4, 0.5) is 0 Å². The lowest BCUT2D eigenvalue weighted by Gasteiger charge is -2.17. The number of aromatic nitrogens is 2. The number of nitrogens with zero attached hydrogens (tertiary/aromatic N) is 2. The van der Waals surface area contributed by atoms with Crippen molar-refractivity contribution in [3.63, 3.8) is 0 Å². The van der Waals surface area contributed by atoms with E-state index in [1.807, 2.05) is 41.1 Å². The van der Waals surface area contributed by atoms with E-state index in [9.17, 15) is 5.11 Å². The second kappa shape index (κ2) is 6.33. The Morgan fingerprint density at radius 2 is 2.06 bits per heavy atom. The van der Waals surface area contributed by atoms with Crippen LogP contribution < -0.4 is 5.32 Å². The first-order valence-corrected chi connectivity index (χ1v) is 6.25. The lowest BCUT2D eigenvalue weighted by molar-refractivity contribution is 0.242. The van der Waals surface area contributed by atoms with E-state index in [1.165, 1.54) is 0 Å². The van der Waals surface area contributed by atoms with Crippen LogP contribution in [0.15, 0.2) is 42.6 Å². The van der Waals surface area contributed by atoms with Crippen LogP contribution in [0.2, 0.25) is 0 Å². The summed E-state index contributed by atoms with van der Waals surface area (Å²) in [4.78, 5) is 0. The smallest absolute Gasteiger partial charge is 0.0626 e. The molecule has 0 aliphatic carbocycles. The minimum atomic E-state index is -0.0357. The Morgan fingerprint density at radius 3 is 2.72 bits per heavy atom. The van der Waals surface area contributed by atoms with Gasteiger partial charge in [-0.1, -0.05) is 30.3 Å². The van der Waals surface area contributed by atoms with E-state index >= 15 is 0 Å². The number of hydrogen-bond donors (Lipinski definition) is 2. The molecule has 18 heavy (non-hydrogen) atoms. The van der Waals surface area contributed by atoms with E-state index in [4.69, 9.17) is 0 Å². The molecule has 1 heterocycles. The van der Waals surface area contributed by atoms with Gasteiger partial charge in [0.1, 0.15) is 0 Å². The molecule has 0 saturated carbocycles. The van der Waals surface area contributed by atoms with Crippen LogP contribution in [0, 0.1) is 0 Å². The van der Waals surface area contributed by atoms with Gasteiger partial charge in [0.05, 0.1) is 18.3 Å². The zero-order chi connectivity index (χ0) is 12.8. The molecule has 0 bridgehead atoms. The van der Waals surface area contributed by atoms with Crippen LogP contribution in [-0.2, 0) is 13.1 Å². The maximum absolute atomic E-state index is 9.45. The van der Waals surface area contributed by atoms with Gasteiger partial charge in [0.15, 0.2) is 0 Å². The van der Waals surface area contributed by atoms with Crippen molar-refractivity contribution < 1.29 is 5.11 Å². The molecule has 4 nitrogen and oxygen atoms in total. The van der Waals surface area contributed by atoms with Gasteiger partial charge < -0.3 is 10.4 Å². The Labute approximate surface area is 107 Å². The van der Waals surface area contributed by atoms with Crippen LogP contribution in [0.3, 0.4) is 0 Å². The molecule has 0 amide bonds. The van der Waals surface area contributed by atoms with Crippen molar-refractivity contribution in [1.82, 2.24) is 15.1 Å². The summed E-state index contributed by atoms with van der Waals surface area (Å²) < 4.78 is 1.95. The van der Waals surface area contributed by atoms with Crippen molar-refractivity contribution in [3.8, 4) is 0 Å². The van der Waals surface area contributed by atoms with Crippen molar-refractivity contribution in [3.05, 3.63) is 53.9 Å². The predicted octanol–water partition coefficient (Wildman–Crippen LogP) is 1.73. The lowest BCUT2D eigenvalue weighted by atomic mass is 10.1. The van der Waals surface area contributed by atoms with Crippen LogP contribution >= 0.6 is 0 Å². The lowest BCUT2D eigenvalue weighted by Crippen LogP contribution is -2.25. The second-order valence-electron chi connectivity index (χ2n) is 4.17. The van der Waals surface area contributed by atoms with Crippen molar-refractivity contribution >= 4 is 0 Å². The Balaban J connectivity index is 2.00. The molecule has 1 aromatic carbocycles. The van der Waals surface area contributed by atoms with Gasteiger partial charge in [0, 0.05) is 19.3 Å². The summed E-state index contributed by atoms with van der Waals surface area (Å²) in [5, 5.41) is 17.0. The van der Waals surface area contributed by atoms with E-state index in [1.54, 1.807) is 6.20 Å². The van der Waals surface area contributed by atoms with Gasteiger partial charge >= 0.3 is 0 Å². The molecule has 0 saturated heterocycles. The summed E-state index contributed by atoms with van der Waals surface area (Å²) in [7, 11) is 0. The maximum Gasteiger partial charge on any atom is 0.0626 e. The summed E-state index contributed by atoms with van der Waals surface area (Å²) >= 11 is 0. The van der Waals surface area contributed by atoms with E-state index in [0.29, 0.717) is 6.54 Å². The molecule has 0 unspecified atom stereocenters. The first kappa shape index (κ1) is 12.8. The van der Waals surface area contributed by atoms with Crippen molar-refractivity contribution in [2.24, 2.45) is 0 Å². The minimum Gasteiger partial charge on any atom is -0.394 e. The molecule has 1 aromatic heterocycles. The molecule has 96 valence electrons. The largest absolute Gasteiger partial charge is 0.394 e. The Kier molecular flexibility index (Phi) is 4.50. The molecule has 4 heteroatoms. The van der Waals surface area contributed by atoms with Crippen LogP contribution in [0.5, 0.6) is 0 Å². The normalized spacial score (nSPS) is 12.6. The summed E-state index contributed by atoms with van der Waals surface area (Å²) in [5.74, 6) is 0. The summed E-state index contributed by atoms with van der Waals surface area (Å²) in [6.45, 7) is 3.72. The highest BCUT2D eigenvalue weighted by Crippen LogP contribution is 2.12. The average molecular weight is 245 g/mol. The highest BCUT2D eigenvalue weighted by molar-refractivity contribution is 5.19. The zero-order valence-corrected chi connectivity index (χ0v) is 10.6. The van der Waals surface area contributed by atoms with Crippen molar-refractivity contribution in [1.29, 1.82) is 0 Å². The average Bonchev–Trinajstić information content (AvgIpc) is 2.88. The molecule has 0 radical (unpaired) electrons. The van der Waals surface area contributed by atoms with Gasteiger partial charge in [0.25, 0.3) is 0 Å². The highest BCUT2D eigenvalue weighted by Gasteiger charge is 2.10. The van der Waals surface area contributed by atoms with Gasteiger partial charge in [0.2, 0.25) is 0 Å². The van der Waals surface area contributed by atoms with Gasteiger partial charge in [-0.15, -0.1) is 0 Å². The minimum absolute atomic E-state index is 0.0357. The van der Waals surface area contributed by atoms with E-state index in [2.05, 4.69) is 17.3 Å². The first-order valence-electron chi connectivity index (χ1n) is 6.25. The molecular formula is C14H19N3O. The fourth-order valence-corrected chi connectivity index (χ4v) is 2.00. The molecule has 1 atom stereocenters. The van der Waals surface area contributed by atoms with Crippen LogP contribution in [0.25, 0.3) is 0 Å². The predicted molar refractivity (Wildman–Crippen MR) is 71.0 cm³/mol. The fourth-order valence-electron chi connectivity index (χ4n) is 2.00. The quantitative estimate of drug-likeness (QED) is 0.815. The molecule has 0 fully saturated rings. The zero-order valence-electron chi connectivity index (χ0n) is 10.6. The number of aliphatic hydroxyl groups is 1. The summed E-state index contributed by atoms with van der Waals surface area (Å²) in [6.07, 6.45) is 1.80. The molecular weight excluding hydrogens is 226 g/mol. The Morgan fingerprint density at radius 1 is 1.28 bits per heavy atom. The van der Waals surface area contributed by atoms with Gasteiger partial charge in [-0.05, 0) is 18.6 Å². The SMILES string of the molecule is CCn1nccc1CN[C@@H](CO)c1ccccc1. The van der Waals surface area contributed by atoms with Crippen molar-refractivity contribution in [2.75, 3.05) is 6.61 Å². The van der Waals surface area contributed by atoms with Gasteiger partial charge in [-0.25, -0.2) is 0 Å². The third-order valence-electron chi connectivity index (χ3n) is 3.02. The molecule has 2 aromatic rings. The number of hydrogen-bond acceptors (Lipinski definition) is 3. The number of aryl methyl sites for hydroxylation is 1. The van der Waals surface area contributed by atoms with E-state index in [0.717, 1.165) is 17.8 Å². The van der Waals surface area contributed by atoms with Crippen LogP contribution in [0.1, 0.15) is 24.2 Å². The number of benzene rings is 1. The van der Waals surface area contributed by atoms with E-state index in [-0.39, 0.29) is 12.6 Å². The van der Waals surface area contributed by atoms with Gasteiger partial charge in [-0.3, -0.25) is 4.68 Å². The third-order valence-corrected chi connectivity index (χ3v) is 3.02. The maximum atomic E-state index is 9.45. The van der Waals surface area contributed by atoms with Crippen molar-refractivity contribution in [2.45, 2.75) is 26.1 Å². The molecule has 0 spiro atoms. The standard InChI is InChI=1S/C14H19N3O/c1-2-17-13(8-9-16-17)10-15-14(11-18)12-6-4-3-5-7-12/h3-9,14-15,18H,2,10-11H2,1H3/t14-/m0/s1. The molecule has 2 rings (SSSR count). The first-order chi connectivity index (χ1) is 8.85. The van der Waals surface area contributed by atoms with Crippen LogP contribution in [-0.4, -0.2) is 21.5 Å². The van der Waals surface area contributed by atoms with E-state index < -0.39 is 0 Å². The topological polar surface area (TPSA) is 50.1 Å². The summed E-state index contributed by atoms with van der Waals surface area (Å²) in [6, 6.07) is 11.9. The number of aliphatic hydroxyl groups excluding tert-OH is 1. The molecule has 0 aliphatic rings. The third kappa shape index (κ3) is 2.97. The highest BCUT2D eigenvalue weighted by atomic mass is 16.3. The number of nitrogens with one attached hydrogen (secondary N) is 1. The van der Waals surface area contributed by atoms with Gasteiger partial charge in [-0.2, -0.15) is 5.10 Å². The number of rotatable bonds is 6. The monoisotopic (exact) mass is 245 g/mol.